The first-order valence-corrected chi connectivity index (χ1v) is 10.8. The Balaban J connectivity index is 1.85. The Labute approximate surface area is 197 Å². The van der Waals surface area contributed by atoms with Gasteiger partial charge >= 0.3 is 24.6 Å². The molecule has 0 aromatic carbocycles. The highest BCUT2D eigenvalue weighted by Gasteiger charge is 2.39. The predicted octanol–water partition coefficient (Wildman–Crippen LogP) is 3.77. The van der Waals surface area contributed by atoms with Gasteiger partial charge in [0.2, 0.25) is 0 Å². The first-order valence-electron chi connectivity index (χ1n) is 10.8. The number of nitrogens with two attached hydrogens (primary N) is 1. The van der Waals surface area contributed by atoms with E-state index >= 15 is 0 Å². The van der Waals surface area contributed by atoms with E-state index in [1.165, 1.54) is 6.20 Å². The Hall–Kier alpha value is -3.35. The van der Waals surface area contributed by atoms with Crippen molar-refractivity contribution in [1.82, 2.24) is 14.9 Å². The summed E-state index contributed by atoms with van der Waals surface area (Å²) >= 11 is 0. The molecule has 2 heterocycles. The van der Waals surface area contributed by atoms with Crippen LogP contribution in [0.3, 0.4) is 0 Å². The maximum Gasteiger partial charge on any atom is 0.417 e. The van der Waals surface area contributed by atoms with E-state index in [1.807, 2.05) is 6.92 Å². The molecule has 35 heavy (non-hydrogen) atoms. The minimum Gasteiger partial charge on any atom is -0.383 e. The van der Waals surface area contributed by atoms with Crippen molar-refractivity contribution < 1.29 is 36.3 Å². The number of rotatable bonds is 7. The van der Waals surface area contributed by atoms with Gasteiger partial charge in [0.25, 0.3) is 0 Å². The topological polar surface area (TPSA) is 110 Å². The predicted molar refractivity (Wildman–Crippen MR) is 115 cm³/mol. The summed E-state index contributed by atoms with van der Waals surface area (Å²) in [5.41, 5.74) is 5.65. The Morgan fingerprint density at radius 2 is 1.97 bits per heavy atom. The Morgan fingerprint density at radius 1 is 1.23 bits per heavy atom. The number of hydrogen-bond donors (Lipinski definition) is 2. The lowest BCUT2D eigenvalue weighted by atomic mass is 10.1. The zero-order valence-corrected chi connectivity index (χ0v) is 18.7. The lowest BCUT2D eigenvalue weighted by Crippen LogP contribution is -2.49. The van der Waals surface area contributed by atoms with Crippen LogP contribution in [0.25, 0.3) is 0 Å². The van der Waals surface area contributed by atoms with Gasteiger partial charge in [-0.15, -0.1) is 0 Å². The summed E-state index contributed by atoms with van der Waals surface area (Å²) in [5.74, 6) is -1.88. The zero-order valence-electron chi connectivity index (χ0n) is 18.7. The number of anilines is 2. The first-order chi connectivity index (χ1) is 16.5. The number of nitrogen functional groups attached to an aromatic ring is 1. The summed E-state index contributed by atoms with van der Waals surface area (Å²) in [4.78, 5) is 34.6. The molecule has 190 valence electrons. The van der Waals surface area contributed by atoms with E-state index in [0.717, 1.165) is 17.0 Å². The third-order valence-electron chi connectivity index (χ3n) is 5.68. The van der Waals surface area contributed by atoms with Crippen LogP contribution >= 0.6 is 0 Å². The molecule has 0 spiro atoms. The van der Waals surface area contributed by atoms with Gasteiger partial charge in [-0.25, -0.2) is 4.98 Å². The van der Waals surface area contributed by atoms with Crippen molar-refractivity contribution in [3.05, 3.63) is 47.4 Å². The fourth-order valence-electron chi connectivity index (χ4n) is 3.94. The first kappa shape index (κ1) is 26.3. The molecule has 2 amide bonds. The molecule has 2 aromatic heterocycles. The number of hydrogen-bond acceptors (Lipinski definition) is 6. The van der Waals surface area contributed by atoms with Crippen molar-refractivity contribution in [3.8, 4) is 0 Å². The normalized spacial score (nSPS) is 18.0. The molecule has 3 N–H and O–H groups in total. The molecule has 8 nitrogen and oxygen atoms in total. The van der Waals surface area contributed by atoms with Gasteiger partial charge in [0.1, 0.15) is 5.82 Å². The van der Waals surface area contributed by atoms with E-state index in [4.69, 9.17) is 5.73 Å². The van der Waals surface area contributed by atoms with Gasteiger partial charge in [0, 0.05) is 6.20 Å². The quantitative estimate of drug-likeness (QED) is 0.442. The Bertz CT molecular complexity index is 1050. The van der Waals surface area contributed by atoms with Crippen LogP contribution in [0.15, 0.2) is 30.6 Å². The van der Waals surface area contributed by atoms with Crippen LogP contribution in [0.5, 0.6) is 0 Å². The van der Waals surface area contributed by atoms with Gasteiger partial charge in [0.05, 0.1) is 41.8 Å². The molecule has 0 saturated heterocycles. The zero-order chi connectivity index (χ0) is 25.8. The molecule has 0 aliphatic heterocycles. The van der Waals surface area contributed by atoms with Crippen molar-refractivity contribution in [2.45, 2.75) is 64.1 Å². The summed E-state index contributed by atoms with van der Waals surface area (Å²) in [6.07, 6.45) is -2.32. The van der Waals surface area contributed by atoms with Gasteiger partial charge in [-0.2, -0.15) is 22.0 Å². The minimum absolute atomic E-state index is 0.0456. The largest absolute Gasteiger partial charge is 0.417 e. The summed E-state index contributed by atoms with van der Waals surface area (Å²) in [7, 11) is 0. The molecule has 0 radical (unpaired) electrons. The highest BCUT2D eigenvalue weighted by Crippen LogP contribution is 2.31. The number of nitrogens with one attached hydrogen (secondary N) is 1. The standard InChI is InChI=1S/C22H24F5N5O3/c1-2-12-8-15(10-30-18(12)28)31-19(33)20(34)32(16-4-3-5-17(16)35-21(23)24)11-14-7-6-13(9-29-14)22(25,26)27/h6-10,16-17,21H,2-5,11H2,1H3,(H2,28,30)(H,31,33)/t16-,17-/m1/s1. The van der Waals surface area contributed by atoms with Gasteiger partial charge in [-0.1, -0.05) is 6.92 Å². The second-order valence-electron chi connectivity index (χ2n) is 7.98. The van der Waals surface area contributed by atoms with Gasteiger partial charge in [-0.05, 0) is 49.4 Å². The van der Waals surface area contributed by atoms with E-state index in [2.05, 4.69) is 20.0 Å². The van der Waals surface area contributed by atoms with Crippen molar-refractivity contribution in [2.75, 3.05) is 11.1 Å². The number of aromatic nitrogens is 2. The smallest absolute Gasteiger partial charge is 0.383 e. The minimum atomic E-state index is -4.60. The second-order valence-corrected chi connectivity index (χ2v) is 7.98. The van der Waals surface area contributed by atoms with E-state index in [1.54, 1.807) is 6.07 Å². The van der Waals surface area contributed by atoms with Crippen molar-refractivity contribution in [2.24, 2.45) is 0 Å². The van der Waals surface area contributed by atoms with Crippen molar-refractivity contribution in [3.63, 3.8) is 0 Å². The number of aryl methyl sites for hydroxylation is 1. The van der Waals surface area contributed by atoms with Crippen molar-refractivity contribution >= 4 is 23.3 Å². The van der Waals surface area contributed by atoms with Gasteiger partial charge in [-0.3, -0.25) is 14.6 Å². The van der Waals surface area contributed by atoms with E-state index in [9.17, 15) is 31.5 Å². The molecule has 1 saturated carbocycles. The maximum absolute atomic E-state index is 13.1. The molecule has 1 aliphatic rings. The van der Waals surface area contributed by atoms with Crippen LogP contribution in [-0.2, 0) is 33.5 Å². The SMILES string of the molecule is CCc1cc(NC(=O)C(=O)N(Cc2ccc(C(F)(F)F)cn2)[C@@H]2CCC[C@H]2OC(F)F)cnc1N. The maximum atomic E-state index is 13.1. The second kappa shape index (κ2) is 10.9. The summed E-state index contributed by atoms with van der Waals surface area (Å²) in [5, 5.41) is 2.41. The molecule has 0 bridgehead atoms. The average molecular weight is 501 g/mol. The van der Waals surface area contributed by atoms with E-state index < -0.39 is 42.3 Å². The van der Waals surface area contributed by atoms with Crippen LogP contribution in [0, 0.1) is 0 Å². The van der Waals surface area contributed by atoms with E-state index in [0.29, 0.717) is 24.6 Å². The lowest BCUT2D eigenvalue weighted by molar-refractivity contribution is -0.178. The number of carbonyl (C=O) groups excluding carboxylic acids is 2. The number of pyridine rings is 2. The number of ether oxygens (including phenoxy) is 1. The van der Waals surface area contributed by atoms with Crippen LogP contribution < -0.4 is 11.1 Å². The molecule has 1 fully saturated rings. The number of alkyl halides is 5. The van der Waals surface area contributed by atoms with Crippen LogP contribution in [0.2, 0.25) is 0 Å². The fourth-order valence-corrected chi connectivity index (χ4v) is 3.94. The monoisotopic (exact) mass is 501 g/mol. The van der Waals surface area contributed by atoms with Crippen LogP contribution in [0.1, 0.15) is 43.0 Å². The van der Waals surface area contributed by atoms with Gasteiger partial charge < -0.3 is 20.7 Å². The molecule has 2 aromatic rings. The molecule has 13 heteroatoms. The van der Waals surface area contributed by atoms with Gasteiger partial charge in [0.15, 0.2) is 0 Å². The number of amides is 2. The average Bonchev–Trinajstić information content (AvgIpc) is 3.25. The molecule has 3 rings (SSSR count). The van der Waals surface area contributed by atoms with Crippen LogP contribution in [0.4, 0.5) is 33.5 Å². The fraction of sp³-hybridized carbons (Fsp3) is 0.455. The molecular formula is C22H24F5N5O3. The Kier molecular flexibility index (Phi) is 8.20. The lowest BCUT2D eigenvalue weighted by Gasteiger charge is -2.32. The summed E-state index contributed by atoms with van der Waals surface area (Å²) in [6, 6.07) is 2.50. The number of carbonyl (C=O) groups is 2. The highest BCUT2D eigenvalue weighted by atomic mass is 19.4. The number of halogens is 5. The molecular weight excluding hydrogens is 477 g/mol. The highest BCUT2D eigenvalue weighted by molar-refractivity contribution is 6.39. The summed E-state index contributed by atoms with van der Waals surface area (Å²) < 4.78 is 69.1. The molecule has 0 unspecified atom stereocenters. The van der Waals surface area contributed by atoms with E-state index in [-0.39, 0.29) is 36.6 Å². The number of nitrogens with zero attached hydrogens (tertiary/aromatic N) is 3. The Morgan fingerprint density at radius 3 is 2.57 bits per heavy atom. The molecule has 2 atom stereocenters. The molecule has 1 aliphatic carbocycles. The van der Waals surface area contributed by atoms with Crippen molar-refractivity contribution in [1.29, 1.82) is 0 Å². The summed E-state index contributed by atoms with van der Waals surface area (Å²) in [6.45, 7) is -1.64. The third-order valence-corrected chi connectivity index (χ3v) is 5.68. The third kappa shape index (κ3) is 6.62. The van der Waals surface area contributed by atoms with Crippen LogP contribution in [-0.4, -0.2) is 45.4 Å².